The molecule has 3 N–H and O–H groups in total. The lowest BCUT2D eigenvalue weighted by Crippen LogP contribution is -3.20. The molecule has 3 aliphatic heterocycles. The third-order valence-electron chi connectivity index (χ3n) is 4.47. The molecule has 1 aromatic rings. The molecule has 3 heterocycles. The van der Waals surface area contributed by atoms with Crippen LogP contribution in [0.2, 0.25) is 0 Å². The molecule has 0 saturated carbocycles. The Kier molecular flexibility index (Phi) is 3.12. The van der Waals surface area contributed by atoms with E-state index in [1.54, 1.807) is 17.0 Å². The molecule has 4 rings (SSSR count). The molecule has 2 nitrogen and oxygen atoms in total. The summed E-state index contributed by atoms with van der Waals surface area (Å²) >= 11 is 0. The van der Waals surface area contributed by atoms with Crippen molar-refractivity contribution >= 4 is 0 Å². The van der Waals surface area contributed by atoms with E-state index in [0.29, 0.717) is 6.04 Å². The molecule has 1 aromatic carbocycles. The summed E-state index contributed by atoms with van der Waals surface area (Å²) in [5.74, 6) is 0.816. The van der Waals surface area contributed by atoms with Gasteiger partial charge in [-0.15, -0.1) is 0 Å². The van der Waals surface area contributed by atoms with Crippen molar-refractivity contribution in [2.75, 3.05) is 19.6 Å². The Morgan fingerprint density at radius 2 is 2.00 bits per heavy atom. The Balaban J connectivity index is 1.60. The molecule has 0 spiro atoms. The number of benzene rings is 1. The number of nitrogens with one attached hydrogen (secondary N) is 1. The zero-order valence-electron chi connectivity index (χ0n) is 10.2. The van der Waals surface area contributed by atoms with Crippen LogP contribution in [-0.2, 0) is 6.54 Å². The first-order valence-corrected chi connectivity index (χ1v) is 6.73. The molecule has 3 fully saturated rings. The van der Waals surface area contributed by atoms with E-state index in [-0.39, 0.29) is 5.82 Å². The highest BCUT2D eigenvalue weighted by Crippen LogP contribution is 2.15. The largest absolute Gasteiger partial charge is 0.335 e. The third-order valence-corrected chi connectivity index (χ3v) is 4.47. The van der Waals surface area contributed by atoms with Gasteiger partial charge in [-0.3, -0.25) is 0 Å². The van der Waals surface area contributed by atoms with E-state index in [1.165, 1.54) is 32.5 Å². The SMILES string of the molecule is Fc1ccccc1C[NH2+][C@H]1C[NH+]2CCC1CC2. The first-order valence-electron chi connectivity index (χ1n) is 6.73. The second kappa shape index (κ2) is 4.75. The summed E-state index contributed by atoms with van der Waals surface area (Å²) in [5, 5.41) is 2.36. The van der Waals surface area contributed by atoms with Crippen LogP contribution in [0.15, 0.2) is 24.3 Å². The van der Waals surface area contributed by atoms with Crippen LogP contribution in [0.3, 0.4) is 0 Å². The number of hydrogen-bond donors (Lipinski definition) is 2. The molecule has 17 heavy (non-hydrogen) atoms. The summed E-state index contributed by atoms with van der Waals surface area (Å²) in [6.45, 7) is 4.78. The van der Waals surface area contributed by atoms with E-state index in [9.17, 15) is 4.39 Å². The Hall–Kier alpha value is -0.930. The number of hydrogen-bond acceptors (Lipinski definition) is 0. The van der Waals surface area contributed by atoms with Gasteiger partial charge in [-0.05, 0) is 6.07 Å². The molecule has 0 aliphatic carbocycles. The zero-order valence-corrected chi connectivity index (χ0v) is 10.2. The smallest absolute Gasteiger partial charge is 0.139 e. The molecule has 0 aromatic heterocycles. The van der Waals surface area contributed by atoms with E-state index in [0.717, 1.165) is 18.0 Å². The molecule has 3 aliphatic rings. The first-order chi connectivity index (χ1) is 8.33. The van der Waals surface area contributed by atoms with Crippen LogP contribution < -0.4 is 10.2 Å². The third kappa shape index (κ3) is 2.35. The van der Waals surface area contributed by atoms with Crippen LogP contribution in [-0.4, -0.2) is 25.7 Å². The summed E-state index contributed by atoms with van der Waals surface area (Å²) in [5.41, 5.74) is 0.846. The monoisotopic (exact) mass is 236 g/mol. The van der Waals surface area contributed by atoms with Gasteiger partial charge in [-0.2, -0.15) is 0 Å². The molecule has 0 unspecified atom stereocenters. The molecule has 0 amide bonds. The van der Waals surface area contributed by atoms with E-state index in [4.69, 9.17) is 0 Å². The Morgan fingerprint density at radius 1 is 1.24 bits per heavy atom. The van der Waals surface area contributed by atoms with Crippen LogP contribution in [0.4, 0.5) is 4.39 Å². The standard InChI is InChI=1S/C14H19FN2/c15-13-4-2-1-3-12(13)9-16-14-10-17-7-5-11(14)6-8-17/h1-4,11,14,16H,5-10H2/p+2/t14-/m0/s1. The van der Waals surface area contributed by atoms with Gasteiger partial charge >= 0.3 is 0 Å². The number of quaternary nitrogens is 2. The Bertz CT molecular complexity index is 386. The minimum atomic E-state index is -0.0580. The average molecular weight is 236 g/mol. The van der Waals surface area contributed by atoms with Gasteiger partial charge < -0.3 is 10.2 Å². The average Bonchev–Trinajstić information content (AvgIpc) is 2.39. The van der Waals surface area contributed by atoms with Gasteiger partial charge in [0, 0.05) is 24.3 Å². The second-order valence-electron chi connectivity index (χ2n) is 5.49. The van der Waals surface area contributed by atoms with Crippen molar-refractivity contribution in [3.05, 3.63) is 35.6 Å². The van der Waals surface area contributed by atoms with Crippen molar-refractivity contribution in [3.63, 3.8) is 0 Å². The summed E-state index contributed by atoms with van der Waals surface area (Å²) in [4.78, 5) is 1.75. The van der Waals surface area contributed by atoms with Gasteiger partial charge in [-0.25, -0.2) is 4.39 Å². The molecule has 3 heteroatoms. The quantitative estimate of drug-likeness (QED) is 0.710. The van der Waals surface area contributed by atoms with Crippen LogP contribution in [0, 0.1) is 11.7 Å². The number of halogens is 1. The maximum Gasteiger partial charge on any atom is 0.139 e. The molecular weight excluding hydrogens is 215 g/mol. The van der Waals surface area contributed by atoms with Gasteiger partial charge in [-0.1, -0.05) is 18.2 Å². The zero-order chi connectivity index (χ0) is 11.7. The molecule has 0 radical (unpaired) electrons. The molecule has 2 bridgehead atoms. The van der Waals surface area contributed by atoms with Crippen molar-refractivity contribution in [2.45, 2.75) is 25.4 Å². The predicted molar refractivity (Wildman–Crippen MR) is 64.1 cm³/mol. The van der Waals surface area contributed by atoms with Crippen molar-refractivity contribution in [1.29, 1.82) is 0 Å². The predicted octanol–water partition coefficient (Wildman–Crippen LogP) is -0.434. The van der Waals surface area contributed by atoms with Crippen LogP contribution in [0.1, 0.15) is 18.4 Å². The van der Waals surface area contributed by atoms with Crippen molar-refractivity contribution < 1.29 is 14.6 Å². The fourth-order valence-electron chi connectivity index (χ4n) is 3.40. The van der Waals surface area contributed by atoms with Crippen molar-refractivity contribution in [2.24, 2.45) is 5.92 Å². The fraction of sp³-hybridized carbons (Fsp3) is 0.571. The lowest BCUT2D eigenvalue weighted by atomic mass is 9.84. The number of piperidine rings is 3. The molecule has 3 saturated heterocycles. The van der Waals surface area contributed by atoms with Crippen LogP contribution in [0.25, 0.3) is 0 Å². The highest BCUT2D eigenvalue weighted by atomic mass is 19.1. The molecule has 1 atom stereocenters. The minimum absolute atomic E-state index is 0.0580. The topological polar surface area (TPSA) is 21.1 Å². The van der Waals surface area contributed by atoms with Crippen molar-refractivity contribution in [3.8, 4) is 0 Å². The van der Waals surface area contributed by atoms with Gasteiger partial charge in [0.05, 0.1) is 13.1 Å². The maximum absolute atomic E-state index is 13.5. The number of nitrogens with two attached hydrogens (primary N) is 1. The Morgan fingerprint density at radius 3 is 2.65 bits per heavy atom. The normalized spacial score (nSPS) is 31.7. The maximum atomic E-state index is 13.5. The highest BCUT2D eigenvalue weighted by molar-refractivity contribution is 5.15. The van der Waals surface area contributed by atoms with Gasteiger partial charge in [0.2, 0.25) is 0 Å². The minimum Gasteiger partial charge on any atom is -0.335 e. The highest BCUT2D eigenvalue weighted by Gasteiger charge is 2.39. The van der Waals surface area contributed by atoms with Gasteiger partial charge in [0.15, 0.2) is 0 Å². The van der Waals surface area contributed by atoms with Gasteiger partial charge in [0.1, 0.15) is 24.9 Å². The lowest BCUT2D eigenvalue weighted by molar-refractivity contribution is -0.943. The number of rotatable bonds is 3. The summed E-state index contributed by atoms with van der Waals surface area (Å²) in [6.07, 6.45) is 2.74. The summed E-state index contributed by atoms with van der Waals surface area (Å²) < 4.78 is 13.5. The van der Waals surface area contributed by atoms with E-state index in [1.807, 2.05) is 12.1 Å². The summed E-state index contributed by atoms with van der Waals surface area (Å²) in [7, 11) is 0. The van der Waals surface area contributed by atoms with E-state index in [2.05, 4.69) is 5.32 Å². The van der Waals surface area contributed by atoms with E-state index < -0.39 is 0 Å². The Labute approximate surface area is 102 Å². The lowest BCUT2D eigenvalue weighted by Gasteiger charge is -2.40. The first kappa shape index (κ1) is 11.2. The summed E-state index contributed by atoms with van der Waals surface area (Å²) in [6, 6.07) is 7.86. The fourth-order valence-corrected chi connectivity index (χ4v) is 3.40. The molecular formula is C14H21FN2+2. The van der Waals surface area contributed by atoms with Crippen molar-refractivity contribution in [1.82, 2.24) is 0 Å². The van der Waals surface area contributed by atoms with Crippen LogP contribution in [0.5, 0.6) is 0 Å². The number of fused-ring (bicyclic) bond motifs is 3. The van der Waals surface area contributed by atoms with Gasteiger partial charge in [0.25, 0.3) is 0 Å². The second-order valence-corrected chi connectivity index (χ2v) is 5.49. The molecule has 92 valence electrons. The van der Waals surface area contributed by atoms with Crippen LogP contribution >= 0.6 is 0 Å². The van der Waals surface area contributed by atoms with E-state index >= 15 is 0 Å².